The van der Waals surface area contributed by atoms with E-state index in [4.69, 9.17) is 11.6 Å². The largest absolute Gasteiger partial charge is 0.378 e. The van der Waals surface area contributed by atoms with Gasteiger partial charge in [-0.15, -0.1) is 0 Å². The van der Waals surface area contributed by atoms with Gasteiger partial charge in [-0.25, -0.2) is 8.42 Å². The second-order valence-electron chi connectivity index (χ2n) is 11.8. The Morgan fingerprint density at radius 3 is 2.45 bits per heavy atom. The summed E-state index contributed by atoms with van der Waals surface area (Å²) in [6.07, 6.45) is 3.80. The number of fused-ring (bicyclic) bond motifs is 7. The Balaban J connectivity index is 1.10. The van der Waals surface area contributed by atoms with E-state index in [1.54, 1.807) is 37.3 Å². The van der Waals surface area contributed by atoms with Crippen molar-refractivity contribution in [1.29, 1.82) is 0 Å². The Morgan fingerprint density at radius 1 is 0.905 bits per heavy atom. The van der Waals surface area contributed by atoms with E-state index in [9.17, 15) is 13.2 Å². The summed E-state index contributed by atoms with van der Waals surface area (Å²) in [5, 5.41) is 7.26. The molecule has 6 nitrogen and oxygen atoms in total. The van der Waals surface area contributed by atoms with Crippen molar-refractivity contribution in [3.63, 3.8) is 0 Å². The van der Waals surface area contributed by atoms with E-state index in [1.165, 1.54) is 42.5 Å². The number of hydrogen-bond donors (Lipinski definition) is 3. The Labute approximate surface area is 251 Å². The van der Waals surface area contributed by atoms with Crippen LogP contribution in [0.3, 0.4) is 0 Å². The number of nitrogens with one attached hydrogen (secondary N) is 3. The van der Waals surface area contributed by atoms with Gasteiger partial charge in [0.15, 0.2) is 0 Å². The summed E-state index contributed by atoms with van der Waals surface area (Å²) in [6, 6.07) is 28.2. The summed E-state index contributed by atoms with van der Waals surface area (Å²) in [4.78, 5) is 13.4. The molecule has 7 rings (SSSR count). The molecule has 2 saturated carbocycles. The molecule has 0 unspecified atom stereocenters. The molecule has 42 heavy (non-hydrogen) atoms. The topological polar surface area (TPSA) is 87.3 Å². The highest BCUT2D eigenvalue weighted by Gasteiger charge is 2.53. The van der Waals surface area contributed by atoms with Crippen LogP contribution in [0.4, 0.5) is 17.1 Å². The van der Waals surface area contributed by atoms with E-state index in [1.807, 2.05) is 12.1 Å². The number of carbonyl (C=O) groups excluding carboxylic acids is 1. The third-order valence-corrected chi connectivity index (χ3v) is 11.2. The van der Waals surface area contributed by atoms with E-state index >= 15 is 0 Å². The van der Waals surface area contributed by atoms with E-state index in [0.717, 1.165) is 5.69 Å². The van der Waals surface area contributed by atoms with Crippen molar-refractivity contribution in [2.75, 3.05) is 15.4 Å². The van der Waals surface area contributed by atoms with Gasteiger partial charge in [0.05, 0.1) is 16.6 Å². The van der Waals surface area contributed by atoms with E-state index in [0.29, 0.717) is 51.2 Å². The predicted octanol–water partition coefficient (Wildman–Crippen LogP) is 8.00. The second kappa shape index (κ2) is 10.5. The van der Waals surface area contributed by atoms with Crippen molar-refractivity contribution in [3.05, 3.63) is 118 Å². The van der Waals surface area contributed by atoms with Gasteiger partial charge in [-0.05, 0) is 121 Å². The van der Waals surface area contributed by atoms with Crippen LogP contribution in [-0.4, -0.2) is 14.3 Å². The second-order valence-corrected chi connectivity index (χ2v) is 13.9. The number of amides is 1. The molecule has 5 atom stereocenters. The van der Waals surface area contributed by atoms with Crippen LogP contribution in [0.25, 0.3) is 0 Å². The maximum atomic E-state index is 13.4. The zero-order chi connectivity index (χ0) is 29.0. The molecule has 0 saturated heterocycles. The molecular weight excluding hydrogens is 566 g/mol. The molecule has 1 aliphatic heterocycles. The lowest BCUT2D eigenvalue weighted by Gasteiger charge is -2.43. The number of hydrogen-bond acceptors (Lipinski definition) is 4. The molecule has 3 aliphatic rings. The normalized spacial score (nSPS) is 23.9. The number of benzene rings is 4. The first-order valence-corrected chi connectivity index (χ1v) is 16.3. The number of anilines is 3. The van der Waals surface area contributed by atoms with Crippen molar-refractivity contribution in [1.82, 2.24) is 0 Å². The first-order valence-electron chi connectivity index (χ1n) is 14.4. The summed E-state index contributed by atoms with van der Waals surface area (Å²) >= 11 is 6.14. The van der Waals surface area contributed by atoms with Gasteiger partial charge in [0.25, 0.3) is 15.9 Å². The molecule has 2 bridgehead atoms. The quantitative estimate of drug-likeness (QED) is 0.210. The average Bonchev–Trinajstić information content (AvgIpc) is 3.63. The lowest BCUT2D eigenvalue weighted by atomic mass is 9.68. The highest BCUT2D eigenvalue weighted by Crippen LogP contribution is 2.63. The van der Waals surface area contributed by atoms with Gasteiger partial charge in [0.2, 0.25) is 0 Å². The van der Waals surface area contributed by atoms with Crippen LogP contribution in [0, 0.1) is 24.7 Å². The summed E-state index contributed by atoms with van der Waals surface area (Å²) < 4.78 is 28.5. The highest BCUT2D eigenvalue weighted by molar-refractivity contribution is 7.92. The van der Waals surface area contributed by atoms with Crippen molar-refractivity contribution in [3.8, 4) is 0 Å². The van der Waals surface area contributed by atoms with Gasteiger partial charge < -0.3 is 10.6 Å². The van der Waals surface area contributed by atoms with Gasteiger partial charge in [0.1, 0.15) is 0 Å². The van der Waals surface area contributed by atoms with Crippen LogP contribution >= 0.6 is 11.6 Å². The molecule has 0 radical (unpaired) electrons. The molecule has 2 fully saturated rings. The number of carbonyl (C=O) groups is 1. The van der Waals surface area contributed by atoms with Crippen molar-refractivity contribution >= 4 is 44.6 Å². The van der Waals surface area contributed by atoms with Crippen LogP contribution in [0.1, 0.15) is 58.3 Å². The fraction of sp³-hybridized carbons (Fsp3) is 0.265. The maximum Gasteiger partial charge on any atom is 0.261 e. The minimum Gasteiger partial charge on any atom is -0.378 e. The Hall–Kier alpha value is -3.81. The maximum absolute atomic E-state index is 13.4. The lowest BCUT2D eigenvalue weighted by Crippen LogP contribution is -2.35. The number of rotatable bonds is 6. The number of halogens is 1. The van der Waals surface area contributed by atoms with Gasteiger partial charge >= 0.3 is 0 Å². The Bertz CT molecular complexity index is 1780. The zero-order valence-corrected chi connectivity index (χ0v) is 24.8. The minimum atomic E-state index is -3.83. The Morgan fingerprint density at radius 2 is 1.67 bits per heavy atom. The smallest absolute Gasteiger partial charge is 0.261 e. The van der Waals surface area contributed by atoms with Gasteiger partial charge in [-0.3, -0.25) is 9.52 Å². The van der Waals surface area contributed by atoms with E-state index < -0.39 is 10.0 Å². The van der Waals surface area contributed by atoms with Crippen molar-refractivity contribution in [2.24, 2.45) is 17.8 Å². The molecule has 2 aliphatic carbocycles. The van der Waals surface area contributed by atoms with E-state index in [-0.39, 0.29) is 16.8 Å². The van der Waals surface area contributed by atoms with Crippen LogP contribution in [0.5, 0.6) is 0 Å². The van der Waals surface area contributed by atoms with Gasteiger partial charge in [-0.1, -0.05) is 48.0 Å². The first kappa shape index (κ1) is 27.0. The van der Waals surface area contributed by atoms with Crippen LogP contribution in [0.2, 0.25) is 5.02 Å². The van der Waals surface area contributed by atoms with Crippen LogP contribution in [0.15, 0.2) is 95.9 Å². The molecule has 4 aromatic carbocycles. The molecule has 8 heteroatoms. The van der Waals surface area contributed by atoms with E-state index in [2.05, 4.69) is 51.8 Å². The fourth-order valence-corrected chi connectivity index (χ4v) is 8.76. The monoisotopic (exact) mass is 597 g/mol. The van der Waals surface area contributed by atoms with Crippen molar-refractivity contribution < 1.29 is 13.2 Å². The first-order chi connectivity index (χ1) is 20.3. The zero-order valence-electron chi connectivity index (χ0n) is 23.2. The van der Waals surface area contributed by atoms with Gasteiger partial charge in [-0.2, -0.15) is 0 Å². The molecular formula is C34H32ClN3O3S. The highest BCUT2D eigenvalue weighted by atomic mass is 35.5. The summed E-state index contributed by atoms with van der Waals surface area (Å²) in [5.74, 6) is 2.11. The molecule has 4 aromatic rings. The van der Waals surface area contributed by atoms with Crippen LogP contribution < -0.4 is 15.4 Å². The van der Waals surface area contributed by atoms with Gasteiger partial charge in [0, 0.05) is 22.0 Å². The average molecular weight is 598 g/mol. The molecule has 1 heterocycles. The standard InChI is InChI=1S/C34H32ClN3O3S/c1-20-28(35)8-5-9-29(20)38-42(40,41)26-15-13-25(14-16-26)36-34(39)24-12-17-30-27(19-24)31-22-10-11-23(18-22)32(31)33(37-30)21-6-3-2-4-7-21/h2-9,12-17,19,22-23,31-33,37-38H,10-11,18H2,1H3,(H,36,39)/t22-,23-,31-,32-,33+/m0/s1. The summed E-state index contributed by atoms with van der Waals surface area (Å²) in [7, 11) is -3.83. The lowest BCUT2D eigenvalue weighted by molar-refractivity contribution is 0.102. The molecule has 1 amide bonds. The fourth-order valence-electron chi connectivity index (χ4n) is 7.46. The van der Waals surface area contributed by atoms with Crippen molar-refractivity contribution in [2.45, 2.75) is 43.0 Å². The SMILES string of the molecule is Cc1c(Cl)cccc1NS(=O)(=O)c1ccc(NC(=O)c2ccc3c(c2)[C@@H]2[C@H]4CC[C@@H](C4)[C@@H]2[C@@H](c2ccccc2)N3)cc1. The third-order valence-electron chi connectivity index (χ3n) is 9.44. The predicted molar refractivity (Wildman–Crippen MR) is 168 cm³/mol. The summed E-state index contributed by atoms with van der Waals surface area (Å²) in [5.41, 5.74) is 5.90. The number of sulfonamides is 1. The Kier molecular flexibility index (Phi) is 6.75. The molecule has 214 valence electrons. The molecule has 0 aromatic heterocycles. The third kappa shape index (κ3) is 4.74. The van der Waals surface area contributed by atoms with Crippen LogP contribution in [-0.2, 0) is 10.0 Å². The molecule has 3 N–H and O–H groups in total. The minimum absolute atomic E-state index is 0.0926. The summed E-state index contributed by atoms with van der Waals surface area (Å²) in [6.45, 7) is 1.76. The molecule has 0 spiro atoms.